The van der Waals surface area contributed by atoms with E-state index in [1.807, 2.05) is 38.4 Å². The van der Waals surface area contributed by atoms with Gasteiger partial charge in [0.25, 0.3) is 0 Å². The Kier molecular flexibility index (Phi) is 14.0. The molecule has 2 aliphatic carbocycles. The fourth-order valence-corrected chi connectivity index (χ4v) is 4.16. The first-order valence-corrected chi connectivity index (χ1v) is 13.1. The molecule has 1 aromatic carbocycles. The van der Waals surface area contributed by atoms with Gasteiger partial charge in [-0.2, -0.15) is 5.10 Å². The molecule has 2 heterocycles. The molecule has 5 rings (SSSR count). The molecule has 0 atom stereocenters. The molecule has 3 N–H and O–H groups in total. The number of unbranched alkanes of at least 4 members (excludes halogenated alkanes) is 1. The number of urea groups is 1. The van der Waals surface area contributed by atoms with Gasteiger partial charge in [0.15, 0.2) is 0 Å². The second kappa shape index (κ2) is 16.1. The summed E-state index contributed by atoms with van der Waals surface area (Å²) in [6, 6.07) is 1.33. The average molecular weight is 477 g/mol. The lowest BCUT2D eigenvalue weighted by molar-refractivity contribution is 0.230. The summed E-state index contributed by atoms with van der Waals surface area (Å²) in [7, 11) is 0. The first-order chi connectivity index (χ1) is 16.6. The molecule has 0 saturated carbocycles. The molecule has 0 unspecified atom stereocenters. The highest BCUT2D eigenvalue weighted by Gasteiger charge is 2.29. The maximum absolute atomic E-state index is 14.2. The third-order valence-electron chi connectivity index (χ3n) is 5.76. The van der Waals surface area contributed by atoms with Crippen LogP contribution in [0.15, 0.2) is 12.3 Å². The zero-order valence-electron chi connectivity index (χ0n) is 22.1. The maximum Gasteiger partial charge on any atom is 0.316 e. The van der Waals surface area contributed by atoms with E-state index in [0.29, 0.717) is 0 Å². The SMILES string of the molecule is CC.CC.CCCC.NC(=O)Nc1c2c(c(F)c3c1CCC3)CCC2.c1cc2n(n1)CCCO2. The molecule has 1 aromatic heterocycles. The van der Waals surface area contributed by atoms with Gasteiger partial charge in [-0.1, -0.05) is 54.4 Å². The van der Waals surface area contributed by atoms with Gasteiger partial charge in [-0.15, -0.1) is 0 Å². The van der Waals surface area contributed by atoms with Gasteiger partial charge in [0, 0.05) is 24.7 Å². The Morgan fingerprint density at radius 3 is 2.00 bits per heavy atom. The number of hydrogen-bond donors (Lipinski definition) is 2. The summed E-state index contributed by atoms with van der Waals surface area (Å²) in [6.07, 6.45) is 10.6. The van der Waals surface area contributed by atoms with E-state index in [2.05, 4.69) is 24.3 Å². The van der Waals surface area contributed by atoms with Crippen LogP contribution in [0.2, 0.25) is 0 Å². The first kappa shape index (κ1) is 29.5. The molecule has 0 radical (unpaired) electrons. The minimum atomic E-state index is -0.556. The second-order valence-corrected chi connectivity index (χ2v) is 7.89. The normalized spacial score (nSPS) is 14.0. The molecule has 2 aromatic rings. The Labute approximate surface area is 205 Å². The van der Waals surface area contributed by atoms with Gasteiger partial charge in [0.05, 0.1) is 12.8 Å². The summed E-state index contributed by atoms with van der Waals surface area (Å²) in [5.74, 6) is 0.876. The van der Waals surface area contributed by atoms with E-state index in [0.717, 1.165) is 91.9 Å². The van der Waals surface area contributed by atoms with Crippen LogP contribution >= 0.6 is 0 Å². The van der Waals surface area contributed by atoms with Gasteiger partial charge >= 0.3 is 6.03 Å². The molecular weight excluding hydrogens is 431 g/mol. The number of halogens is 1. The fourth-order valence-electron chi connectivity index (χ4n) is 4.16. The van der Waals surface area contributed by atoms with Gasteiger partial charge in [-0.05, 0) is 60.8 Å². The molecule has 6 nitrogen and oxygen atoms in total. The van der Waals surface area contributed by atoms with Crippen molar-refractivity contribution in [2.45, 2.75) is 106 Å². The van der Waals surface area contributed by atoms with Crippen LogP contribution in [0.25, 0.3) is 0 Å². The van der Waals surface area contributed by atoms with Crippen LogP contribution in [0.3, 0.4) is 0 Å². The molecule has 3 aliphatic rings. The number of nitrogens with one attached hydrogen (secondary N) is 1. The predicted molar refractivity (Wildman–Crippen MR) is 139 cm³/mol. The molecular formula is C27H45FN4O2. The number of nitrogens with zero attached hydrogens (tertiary/aromatic N) is 2. The van der Waals surface area contributed by atoms with Gasteiger partial charge in [0.1, 0.15) is 5.82 Å². The summed E-state index contributed by atoms with van der Waals surface area (Å²) in [4.78, 5) is 11.1. The Balaban J connectivity index is 0.000000286. The molecule has 0 saturated heterocycles. The van der Waals surface area contributed by atoms with E-state index in [4.69, 9.17) is 10.5 Å². The molecule has 34 heavy (non-hydrogen) atoms. The van der Waals surface area contributed by atoms with Crippen molar-refractivity contribution >= 4 is 11.7 Å². The number of rotatable bonds is 2. The number of fused-ring (bicyclic) bond motifs is 3. The van der Waals surface area contributed by atoms with E-state index >= 15 is 0 Å². The average Bonchev–Trinajstić information content (AvgIpc) is 3.65. The predicted octanol–water partition coefficient (Wildman–Crippen LogP) is 6.82. The minimum Gasteiger partial charge on any atom is -0.478 e. The van der Waals surface area contributed by atoms with Gasteiger partial charge in [0.2, 0.25) is 5.88 Å². The van der Waals surface area contributed by atoms with Crippen molar-refractivity contribution in [1.82, 2.24) is 9.78 Å². The number of nitrogens with two attached hydrogens (primary N) is 1. The quantitative estimate of drug-likeness (QED) is 0.499. The van der Waals surface area contributed by atoms with Crippen LogP contribution in [0.5, 0.6) is 5.88 Å². The van der Waals surface area contributed by atoms with Gasteiger partial charge in [-0.25, -0.2) is 13.9 Å². The summed E-state index contributed by atoms with van der Waals surface area (Å²) >= 11 is 0. The van der Waals surface area contributed by atoms with E-state index in [-0.39, 0.29) is 5.82 Å². The van der Waals surface area contributed by atoms with Crippen LogP contribution < -0.4 is 15.8 Å². The number of ether oxygens (including phenoxy) is 1. The number of carbonyl (C=O) groups excluding carboxylic acids is 1. The van der Waals surface area contributed by atoms with Crippen molar-refractivity contribution in [3.05, 3.63) is 40.3 Å². The molecule has 0 spiro atoms. The third-order valence-corrected chi connectivity index (χ3v) is 5.76. The number of anilines is 1. The maximum atomic E-state index is 14.2. The number of aryl methyl sites for hydroxylation is 1. The van der Waals surface area contributed by atoms with Crippen LogP contribution in [0, 0.1) is 5.82 Å². The van der Waals surface area contributed by atoms with Gasteiger partial charge in [-0.3, -0.25) is 0 Å². The lowest BCUT2D eigenvalue weighted by Gasteiger charge is -2.16. The highest BCUT2D eigenvalue weighted by molar-refractivity contribution is 5.90. The summed E-state index contributed by atoms with van der Waals surface area (Å²) in [5.41, 5.74) is 9.56. The molecule has 0 fully saturated rings. The molecule has 2 amide bonds. The molecule has 7 heteroatoms. The first-order valence-electron chi connectivity index (χ1n) is 13.1. The van der Waals surface area contributed by atoms with Crippen molar-refractivity contribution in [3.63, 3.8) is 0 Å². The number of hydrogen-bond acceptors (Lipinski definition) is 3. The van der Waals surface area contributed by atoms with Crippen LogP contribution in [0.1, 0.15) is 95.9 Å². The Morgan fingerprint density at radius 1 is 1.00 bits per heavy atom. The number of aromatic nitrogens is 2. The summed E-state index contributed by atoms with van der Waals surface area (Å²) in [5, 5.41) is 6.75. The topological polar surface area (TPSA) is 82.2 Å². The minimum absolute atomic E-state index is 0.0278. The molecule has 0 bridgehead atoms. The highest BCUT2D eigenvalue weighted by atomic mass is 19.1. The number of amides is 2. The van der Waals surface area contributed by atoms with Crippen LogP contribution in [-0.2, 0) is 32.2 Å². The monoisotopic (exact) mass is 476 g/mol. The van der Waals surface area contributed by atoms with Gasteiger partial charge < -0.3 is 15.8 Å². The summed E-state index contributed by atoms with van der Waals surface area (Å²) in [6.45, 7) is 14.2. The van der Waals surface area contributed by atoms with E-state index in [1.165, 1.54) is 12.8 Å². The standard InChI is InChI=1S/C13H15FN2O.C6H8N2O.C4H10.2C2H6/c14-11-7-3-1-5-9(7)12(16-13(15)17)10-6-2-4-8(10)11;1-4-8-6(9-5-1)2-3-7-8;1-3-4-2;2*1-2/h1-6H2,(H3,15,16,17);2-3H,1,4-5H2;3-4H2,1-2H3;2*1-2H3. The van der Waals surface area contributed by atoms with E-state index in [1.54, 1.807) is 6.20 Å². The largest absolute Gasteiger partial charge is 0.478 e. The highest BCUT2D eigenvalue weighted by Crippen LogP contribution is 2.40. The number of primary amides is 1. The lowest BCUT2D eigenvalue weighted by atomic mass is 9.98. The number of carbonyl (C=O) groups is 1. The molecule has 192 valence electrons. The van der Waals surface area contributed by atoms with Crippen LogP contribution in [0.4, 0.5) is 14.9 Å². The summed E-state index contributed by atoms with van der Waals surface area (Å²) < 4.78 is 21.4. The van der Waals surface area contributed by atoms with Crippen molar-refractivity contribution in [2.75, 3.05) is 11.9 Å². The zero-order valence-corrected chi connectivity index (χ0v) is 22.1. The van der Waals surface area contributed by atoms with E-state index < -0.39 is 6.03 Å². The Bertz CT molecular complexity index is 822. The second-order valence-electron chi connectivity index (χ2n) is 7.89. The third kappa shape index (κ3) is 7.74. The van der Waals surface area contributed by atoms with Crippen molar-refractivity contribution in [3.8, 4) is 5.88 Å². The lowest BCUT2D eigenvalue weighted by Crippen LogP contribution is -2.21. The Morgan fingerprint density at radius 2 is 1.53 bits per heavy atom. The smallest absolute Gasteiger partial charge is 0.316 e. The van der Waals surface area contributed by atoms with Crippen molar-refractivity contribution in [1.29, 1.82) is 0 Å². The Hall–Kier alpha value is -2.57. The zero-order chi connectivity index (χ0) is 25.5. The van der Waals surface area contributed by atoms with Crippen molar-refractivity contribution < 1.29 is 13.9 Å². The fraction of sp³-hybridized carbons (Fsp3) is 0.630. The number of benzene rings is 1. The molecule has 1 aliphatic heterocycles. The van der Waals surface area contributed by atoms with Crippen LogP contribution in [-0.4, -0.2) is 22.4 Å². The van der Waals surface area contributed by atoms with E-state index in [9.17, 15) is 9.18 Å². The van der Waals surface area contributed by atoms with Crippen molar-refractivity contribution in [2.24, 2.45) is 5.73 Å².